The van der Waals surface area contributed by atoms with Gasteiger partial charge in [-0.3, -0.25) is 49.2 Å². The number of aliphatic carboxylic acids is 1. The van der Waals surface area contributed by atoms with Crippen molar-refractivity contribution in [2.24, 2.45) is 20.7 Å². The molecule has 6 aliphatic rings. The van der Waals surface area contributed by atoms with Gasteiger partial charge in [-0.25, -0.2) is 0 Å². The Labute approximate surface area is 379 Å². The first-order valence-corrected chi connectivity index (χ1v) is 22.4. The molecule has 0 atom stereocenters. The standard InChI is InChI=1S/C18H21N5O4.C18H20N4O2.C11H18N2O/c19-16(20)12-1-3-13(4-2-12)17(27)22-7-5-18(6-8-22)10-23(11-21-18)14(24)9-15(25)26;1-2-16(23)22-12-18(20-13-22)7-9-21(10-8-18)17(24)15-5-3-14(11-19)4-6-15;1-2-10(14)13-8-11(12-9-13)6-4-3-5-7-11/h1-4,11H,5-10H2,(H3,19,20)(H,25,26);3-6,13H,2,7-10,12H2,1H3;9H,2-8H2,1H3. The summed E-state index contributed by atoms with van der Waals surface area (Å²) < 4.78 is 0. The molecule has 2 aromatic rings. The molecule has 5 aliphatic heterocycles. The minimum absolute atomic E-state index is 0.0159. The van der Waals surface area contributed by atoms with Crippen molar-refractivity contribution in [1.82, 2.24) is 24.5 Å². The Morgan fingerprint density at radius 3 is 1.35 bits per heavy atom. The van der Waals surface area contributed by atoms with Crippen LogP contribution in [0.4, 0.5) is 0 Å². The highest BCUT2D eigenvalue weighted by molar-refractivity contribution is 6.00. The first-order valence-electron chi connectivity index (χ1n) is 22.4. The molecule has 0 radical (unpaired) electrons. The van der Waals surface area contributed by atoms with Gasteiger partial charge in [0.15, 0.2) is 0 Å². The minimum atomic E-state index is -1.16. The number of nitrogen functional groups attached to an aromatic ring is 1. The number of carbonyl (C=O) groups is 6. The number of hydrogen-bond donors (Lipinski definition) is 3. The number of benzene rings is 2. The molecule has 3 fully saturated rings. The molecule has 2 aromatic carbocycles. The van der Waals surface area contributed by atoms with Crippen LogP contribution < -0.4 is 5.73 Å². The van der Waals surface area contributed by atoms with E-state index in [2.05, 4.69) is 21.0 Å². The normalized spacial score (nSPS) is 19.6. The van der Waals surface area contributed by atoms with E-state index in [1.807, 2.05) is 18.7 Å². The van der Waals surface area contributed by atoms with Gasteiger partial charge in [0.25, 0.3) is 11.8 Å². The number of aliphatic imine (C=N–C) groups is 3. The van der Waals surface area contributed by atoms with Gasteiger partial charge in [0.2, 0.25) is 17.7 Å². The number of amidine groups is 1. The van der Waals surface area contributed by atoms with E-state index in [9.17, 15) is 28.8 Å². The lowest BCUT2D eigenvalue weighted by atomic mass is 9.82. The van der Waals surface area contributed by atoms with Crippen molar-refractivity contribution in [2.45, 2.75) is 108 Å². The highest BCUT2D eigenvalue weighted by atomic mass is 16.4. The number of carboxylic acids is 1. The van der Waals surface area contributed by atoms with Gasteiger partial charge in [0, 0.05) is 55.7 Å². The summed E-state index contributed by atoms with van der Waals surface area (Å²) in [7, 11) is 0. The van der Waals surface area contributed by atoms with Crippen LogP contribution in [0.3, 0.4) is 0 Å². The summed E-state index contributed by atoms with van der Waals surface area (Å²) in [6.45, 7) is 7.83. The van der Waals surface area contributed by atoms with E-state index < -0.39 is 23.8 Å². The Hall–Kier alpha value is -6.77. The number of nitrogens with zero attached hydrogens (tertiary/aromatic N) is 9. The highest BCUT2D eigenvalue weighted by Gasteiger charge is 2.43. The zero-order chi connectivity index (χ0) is 46.8. The SMILES string of the molecule is CCC(=O)N1C=NC2(CCCCC2)C1.CCC(=O)N1C=NC2(CCN(C(=O)c3ccc(C#N)cc3)CC2)C1.N=C(N)c1ccc(C(=O)N2CCC3(CC2)CN(C(=O)CC(=O)O)C=N3)cc1. The van der Waals surface area contributed by atoms with Crippen molar-refractivity contribution in [3.63, 3.8) is 0 Å². The molecule has 0 bridgehead atoms. The fraction of sp³-hybridized carbons (Fsp3) is 0.511. The van der Waals surface area contributed by atoms with Crippen LogP contribution in [-0.4, -0.2) is 152 Å². The smallest absolute Gasteiger partial charge is 0.312 e. The maximum atomic E-state index is 12.7. The molecule has 1 saturated carbocycles. The first-order chi connectivity index (χ1) is 31.1. The summed E-state index contributed by atoms with van der Waals surface area (Å²) >= 11 is 0. The van der Waals surface area contributed by atoms with Crippen LogP contribution >= 0.6 is 0 Å². The summed E-state index contributed by atoms with van der Waals surface area (Å²) in [5.74, 6) is -1.51. The number of nitriles is 1. The summed E-state index contributed by atoms with van der Waals surface area (Å²) in [6.07, 6.45) is 14.3. The topological polar surface area (TPSA) is 250 Å². The molecular weight excluding hydrogens is 831 g/mol. The van der Waals surface area contributed by atoms with E-state index in [1.54, 1.807) is 75.9 Å². The molecule has 18 nitrogen and oxygen atoms in total. The van der Waals surface area contributed by atoms with Crippen LogP contribution in [0.25, 0.3) is 0 Å². The zero-order valence-electron chi connectivity index (χ0n) is 37.3. The van der Waals surface area contributed by atoms with Crippen LogP contribution in [-0.2, 0) is 19.2 Å². The zero-order valence-corrected chi connectivity index (χ0v) is 37.3. The molecule has 0 aromatic heterocycles. The largest absolute Gasteiger partial charge is 0.481 e. The van der Waals surface area contributed by atoms with Gasteiger partial charge in [-0.15, -0.1) is 0 Å². The van der Waals surface area contributed by atoms with Gasteiger partial charge in [-0.05, 0) is 74.9 Å². The molecule has 3 spiro atoms. The number of nitrogens with one attached hydrogen (secondary N) is 1. The molecule has 65 heavy (non-hydrogen) atoms. The number of nitrogens with two attached hydrogens (primary N) is 1. The van der Waals surface area contributed by atoms with Crippen molar-refractivity contribution in [3.05, 3.63) is 70.8 Å². The summed E-state index contributed by atoms with van der Waals surface area (Å²) in [6, 6.07) is 15.4. The van der Waals surface area contributed by atoms with Gasteiger partial charge in [-0.2, -0.15) is 5.26 Å². The Kier molecular flexibility index (Phi) is 15.3. The van der Waals surface area contributed by atoms with E-state index in [1.165, 1.54) is 30.5 Å². The molecule has 18 heteroatoms. The third kappa shape index (κ3) is 11.7. The van der Waals surface area contributed by atoms with Crippen molar-refractivity contribution in [2.75, 3.05) is 45.8 Å². The predicted octanol–water partition coefficient (Wildman–Crippen LogP) is 4.07. The minimum Gasteiger partial charge on any atom is -0.481 e. The molecular formula is C47H59N11O7. The quantitative estimate of drug-likeness (QED) is 0.206. The fourth-order valence-corrected chi connectivity index (χ4v) is 9.04. The third-order valence-electron chi connectivity index (χ3n) is 13.1. The Morgan fingerprint density at radius 1 is 0.615 bits per heavy atom. The van der Waals surface area contributed by atoms with Crippen molar-refractivity contribution in [1.29, 1.82) is 10.7 Å². The van der Waals surface area contributed by atoms with Crippen LogP contribution in [0.1, 0.15) is 123 Å². The van der Waals surface area contributed by atoms with Gasteiger partial charge >= 0.3 is 5.97 Å². The highest BCUT2D eigenvalue weighted by Crippen LogP contribution is 2.35. The van der Waals surface area contributed by atoms with E-state index >= 15 is 0 Å². The molecule has 5 heterocycles. The Balaban J connectivity index is 0.000000169. The van der Waals surface area contributed by atoms with Gasteiger partial charge in [0.05, 0.1) is 66.9 Å². The van der Waals surface area contributed by atoms with Crippen LogP contribution in [0, 0.1) is 16.7 Å². The maximum Gasteiger partial charge on any atom is 0.312 e. The number of amides is 5. The van der Waals surface area contributed by atoms with Crippen molar-refractivity contribution >= 4 is 60.4 Å². The van der Waals surface area contributed by atoms with Crippen LogP contribution in [0.2, 0.25) is 0 Å². The molecule has 5 amide bonds. The number of carboxylic acid groups (broad SMARTS) is 1. The first kappa shape index (κ1) is 47.7. The summed E-state index contributed by atoms with van der Waals surface area (Å²) in [5, 5.41) is 25.0. The lowest BCUT2D eigenvalue weighted by Crippen LogP contribution is -2.48. The third-order valence-corrected chi connectivity index (χ3v) is 13.1. The molecule has 1 aliphatic carbocycles. The van der Waals surface area contributed by atoms with Crippen LogP contribution in [0.5, 0.6) is 0 Å². The van der Waals surface area contributed by atoms with E-state index in [0.717, 1.165) is 32.2 Å². The second-order valence-corrected chi connectivity index (χ2v) is 17.6. The average molecular weight is 890 g/mol. The second-order valence-electron chi connectivity index (χ2n) is 17.6. The molecule has 344 valence electrons. The summed E-state index contributed by atoms with van der Waals surface area (Å²) in [4.78, 5) is 93.0. The van der Waals surface area contributed by atoms with Crippen molar-refractivity contribution in [3.8, 4) is 6.07 Å². The summed E-state index contributed by atoms with van der Waals surface area (Å²) in [5.41, 5.74) is 7.09. The number of likely N-dealkylation sites (tertiary alicyclic amines) is 2. The van der Waals surface area contributed by atoms with Gasteiger partial charge in [-0.1, -0.05) is 45.2 Å². The number of rotatable bonds is 7. The van der Waals surface area contributed by atoms with Gasteiger partial charge < -0.3 is 35.3 Å². The fourth-order valence-electron chi connectivity index (χ4n) is 9.04. The number of piperidine rings is 2. The monoisotopic (exact) mass is 889 g/mol. The Bertz CT molecular complexity index is 2250. The number of hydrogen-bond acceptors (Lipinski definition) is 11. The molecule has 4 N–H and O–H groups in total. The van der Waals surface area contributed by atoms with E-state index in [4.69, 9.17) is 21.5 Å². The van der Waals surface area contributed by atoms with E-state index in [-0.39, 0.29) is 40.5 Å². The molecule has 0 unspecified atom stereocenters. The van der Waals surface area contributed by atoms with Crippen molar-refractivity contribution < 1.29 is 33.9 Å². The Morgan fingerprint density at radius 2 is 0.985 bits per heavy atom. The van der Waals surface area contributed by atoms with E-state index in [0.29, 0.717) is 87.2 Å². The molecule has 2 saturated heterocycles. The average Bonchev–Trinajstić information content (AvgIpc) is 4.07. The predicted molar refractivity (Wildman–Crippen MR) is 244 cm³/mol. The number of carbonyl (C=O) groups excluding carboxylic acids is 5. The lowest BCUT2D eigenvalue weighted by molar-refractivity contribution is -0.142. The maximum absolute atomic E-state index is 12.7. The second kappa shape index (κ2) is 20.8. The van der Waals surface area contributed by atoms with Crippen LogP contribution in [0.15, 0.2) is 63.5 Å². The molecule has 8 rings (SSSR count). The van der Waals surface area contributed by atoms with Gasteiger partial charge in [0.1, 0.15) is 12.3 Å². The lowest BCUT2D eigenvalue weighted by Gasteiger charge is -2.37.